The third-order valence-electron chi connectivity index (χ3n) is 6.68. The van der Waals surface area contributed by atoms with Crippen molar-refractivity contribution in [3.05, 3.63) is 64.1 Å². The van der Waals surface area contributed by atoms with Gasteiger partial charge in [-0.2, -0.15) is 23.7 Å². The molecule has 1 aliphatic carbocycles. The zero-order valence-electron chi connectivity index (χ0n) is 20.2. The number of ether oxygens (including phenoxy) is 1. The van der Waals surface area contributed by atoms with Crippen LogP contribution in [-0.2, 0) is 4.74 Å². The largest absolute Gasteiger partial charge is 0.353 e. The van der Waals surface area contributed by atoms with Crippen molar-refractivity contribution < 1.29 is 22.3 Å². The summed E-state index contributed by atoms with van der Waals surface area (Å²) in [5.41, 5.74) is 1.47. The van der Waals surface area contributed by atoms with E-state index in [9.17, 15) is 22.8 Å². The van der Waals surface area contributed by atoms with Crippen molar-refractivity contribution in [2.45, 2.75) is 32.1 Å². The van der Waals surface area contributed by atoms with E-state index < -0.39 is 24.8 Å². The zero-order chi connectivity index (χ0) is 27.1. The van der Waals surface area contributed by atoms with Crippen LogP contribution in [0.4, 0.5) is 23.4 Å². The first-order chi connectivity index (χ1) is 18.2. The predicted molar refractivity (Wildman–Crippen MR) is 135 cm³/mol. The molecule has 0 saturated carbocycles. The van der Waals surface area contributed by atoms with Crippen LogP contribution in [0.25, 0.3) is 11.7 Å². The number of allylic oxidation sites excluding steroid dienone is 5. The van der Waals surface area contributed by atoms with Crippen LogP contribution in [0.1, 0.15) is 28.9 Å². The molecule has 38 heavy (non-hydrogen) atoms. The van der Waals surface area contributed by atoms with E-state index in [2.05, 4.69) is 26.4 Å². The number of halogens is 5. The molecule has 2 aliphatic heterocycles. The van der Waals surface area contributed by atoms with Crippen LogP contribution in [0.15, 0.2) is 46.6 Å². The van der Waals surface area contributed by atoms with Gasteiger partial charge in [0.25, 0.3) is 6.43 Å². The number of alkyl halides is 4. The van der Waals surface area contributed by atoms with Gasteiger partial charge in [0.15, 0.2) is 5.65 Å². The average molecular weight is 548 g/mol. The highest BCUT2D eigenvalue weighted by molar-refractivity contribution is 6.35. The van der Waals surface area contributed by atoms with E-state index in [1.54, 1.807) is 25.2 Å². The Morgan fingerprint density at radius 1 is 1.24 bits per heavy atom. The van der Waals surface area contributed by atoms with Gasteiger partial charge in [-0.05, 0) is 25.2 Å². The smallest absolute Gasteiger partial charge is 0.345 e. The Bertz CT molecular complexity index is 1440. The monoisotopic (exact) mass is 547 g/mol. The van der Waals surface area contributed by atoms with Crippen LogP contribution in [0.5, 0.6) is 0 Å². The van der Waals surface area contributed by atoms with Crippen LogP contribution in [0, 0.1) is 18.3 Å². The SMILES string of the molecule is C=CN=C1C=C(Cl)C=C/C1=C\c1c(C)nc2c(C#N)c(C(F)F)nn2c1N1CC(N2CC(OC(F)F)C2)C1. The number of nitrogens with zero attached hydrogens (tertiary/aromatic N) is 7. The standard InChI is InChI=1S/C25H22ClF4N7O/c1-3-32-20-7-15(26)5-4-14(20)6-18-13(2)33-23-19(8-31)21(22(27)28)34-37(23)24(18)36-9-16(10-36)35-11-17(12-35)38-25(29)30/h3-7,16-17,22,25H,1,9-12H2,2H3/b14-6+,32-20?. The van der Waals surface area contributed by atoms with Gasteiger partial charge < -0.3 is 9.64 Å². The fourth-order valence-electron chi connectivity index (χ4n) is 4.77. The minimum absolute atomic E-state index is 0.0392. The highest BCUT2D eigenvalue weighted by Gasteiger charge is 2.42. The van der Waals surface area contributed by atoms with Gasteiger partial charge in [0.2, 0.25) is 0 Å². The Labute approximate surface area is 220 Å². The lowest BCUT2D eigenvalue weighted by molar-refractivity contribution is -0.201. The van der Waals surface area contributed by atoms with Gasteiger partial charge in [0.1, 0.15) is 23.1 Å². The molecular weight excluding hydrogens is 526 g/mol. The molecule has 0 bridgehead atoms. The zero-order valence-corrected chi connectivity index (χ0v) is 20.9. The van der Waals surface area contributed by atoms with E-state index in [-0.39, 0.29) is 17.3 Å². The van der Waals surface area contributed by atoms with Crippen molar-refractivity contribution >= 4 is 34.9 Å². The number of rotatable bonds is 7. The van der Waals surface area contributed by atoms with Gasteiger partial charge >= 0.3 is 6.61 Å². The Morgan fingerprint density at radius 3 is 2.61 bits per heavy atom. The topological polar surface area (TPSA) is 82.0 Å². The van der Waals surface area contributed by atoms with Crippen LogP contribution in [0.3, 0.4) is 0 Å². The second-order valence-corrected chi connectivity index (χ2v) is 9.47. The summed E-state index contributed by atoms with van der Waals surface area (Å²) < 4.78 is 58.3. The molecule has 2 saturated heterocycles. The molecule has 2 aromatic heterocycles. The van der Waals surface area contributed by atoms with Gasteiger partial charge in [0.05, 0.1) is 17.5 Å². The Hall–Kier alpha value is -3.53. The molecule has 0 aromatic carbocycles. The second-order valence-electron chi connectivity index (χ2n) is 9.03. The maximum absolute atomic E-state index is 13.8. The van der Waals surface area contributed by atoms with Gasteiger partial charge in [-0.15, -0.1) is 0 Å². The Kier molecular flexibility index (Phi) is 7.09. The van der Waals surface area contributed by atoms with Gasteiger partial charge in [0, 0.05) is 54.6 Å². The molecule has 3 aliphatic rings. The van der Waals surface area contributed by atoms with Gasteiger partial charge in [-0.25, -0.2) is 13.8 Å². The van der Waals surface area contributed by atoms with Crippen molar-refractivity contribution in [3.8, 4) is 6.07 Å². The number of anilines is 1. The maximum atomic E-state index is 13.8. The molecule has 198 valence electrons. The number of aryl methyl sites for hydroxylation is 1. The highest BCUT2D eigenvalue weighted by Crippen LogP contribution is 2.36. The summed E-state index contributed by atoms with van der Waals surface area (Å²) in [4.78, 5) is 12.7. The van der Waals surface area contributed by atoms with E-state index in [0.29, 0.717) is 59.6 Å². The molecule has 0 radical (unpaired) electrons. The van der Waals surface area contributed by atoms with Gasteiger partial charge in [-0.3, -0.25) is 9.89 Å². The first-order valence-electron chi connectivity index (χ1n) is 11.7. The van der Waals surface area contributed by atoms with E-state index >= 15 is 0 Å². The summed E-state index contributed by atoms with van der Waals surface area (Å²) in [6, 6.07) is 1.88. The number of aromatic nitrogens is 3. The molecular formula is C25H22ClF4N7O. The number of aliphatic imine (C=N–C) groups is 1. The van der Waals surface area contributed by atoms with Gasteiger partial charge in [-0.1, -0.05) is 24.3 Å². The number of hydrogen-bond acceptors (Lipinski definition) is 7. The molecule has 0 N–H and O–H groups in total. The number of fused-ring (bicyclic) bond motifs is 1. The minimum atomic E-state index is -2.96. The van der Waals surface area contributed by atoms with Crippen LogP contribution >= 0.6 is 11.6 Å². The summed E-state index contributed by atoms with van der Waals surface area (Å²) >= 11 is 6.15. The summed E-state index contributed by atoms with van der Waals surface area (Å²) in [5, 5.41) is 14.2. The number of nitriles is 1. The quantitative estimate of drug-likeness (QED) is 0.471. The fraction of sp³-hybridized carbons (Fsp3) is 0.360. The molecule has 0 spiro atoms. The molecule has 8 nitrogen and oxygen atoms in total. The normalized spacial score (nSPS) is 20.9. The van der Waals surface area contributed by atoms with E-state index in [1.807, 2.05) is 21.9 Å². The third-order valence-corrected chi connectivity index (χ3v) is 6.92. The van der Waals surface area contributed by atoms with E-state index in [4.69, 9.17) is 11.6 Å². The van der Waals surface area contributed by atoms with Crippen molar-refractivity contribution in [2.75, 3.05) is 31.1 Å². The molecule has 0 amide bonds. The van der Waals surface area contributed by atoms with Crippen LogP contribution in [-0.4, -0.2) is 70.1 Å². The Morgan fingerprint density at radius 2 is 1.97 bits per heavy atom. The van der Waals surface area contributed by atoms with Crippen molar-refractivity contribution in [1.82, 2.24) is 19.5 Å². The summed E-state index contributed by atoms with van der Waals surface area (Å²) in [7, 11) is 0. The Balaban J connectivity index is 1.56. The fourth-order valence-corrected chi connectivity index (χ4v) is 4.93. The average Bonchev–Trinajstić information content (AvgIpc) is 3.17. The molecule has 5 rings (SSSR count). The molecule has 0 atom stereocenters. The molecule has 2 fully saturated rings. The van der Waals surface area contributed by atoms with Crippen molar-refractivity contribution in [3.63, 3.8) is 0 Å². The minimum Gasteiger partial charge on any atom is -0.353 e. The first kappa shape index (κ1) is 26.1. The highest BCUT2D eigenvalue weighted by atomic mass is 35.5. The molecule has 2 aromatic rings. The van der Waals surface area contributed by atoms with E-state index in [0.717, 1.165) is 0 Å². The predicted octanol–water partition coefficient (Wildman–Crippen LogP) is 4.62. The van der Waals surface area contributed by atoms with E-state index in [1.165, 1.54) is 10.7 Å². The molecule has 13 heteroatoms. The van der Waals surface area contributed by atoms with Crippen molar-refractivity contribution in [2.24, 2.45) is 4.99 Å². The first-order valence-corrected chi connectivity index (χ1v) is 12.1. The summed E-state index contributed by atoms with van der Waals surface area (Å²) in [6.07, 6.45) is 4.88. The summed E-state index contributed by atoms with van der Waals surface area (Å²) in [5.74, 6) is 0.493. The second kappa shape index (κ2) is 10.3. The maximum Gasteiger partial charge on any atom is 0.345 e. The molecule has 4 heterocycles. The third kappa shape index (κ3) is 4.73. The number of hydrogen-bond donors (Lipinski definition) is 0. The lowest BCUT2D eigenvalue weighted by atomic mass is 9.98. The van der Waals surface area contributed by atoms with Crippen LogP contribution in [0.2, 0.25) is 0 Å². The van der Waals surface area contributed by atoms with Crippen LogP contribution < -0.4 is 4.90 Å². The summed E-state index contributed by atoms with van der Waals surface area (Å²) in [6.45, 7) is 4.33. The lowest BCUT2D eigenvalue weighted by Gasteiger charge is -2.52. The number of likely N-dealkylation sites (tertiary alicyclic amines) is 1. The lowest BCUT2D eigenvalue weighted by Crippen LogP contribution is -2.67. The van der Waals surface area contributed by atoms with Crippen molar-refractivity contribution in [1.29, 1.82) is 5.26 Å². The molecule has 0 unspecified atom stereocenters.